The van der Waals surface area contributed by atoms with E-state index >= 15 is 0 Å². The summed E-state index contributed by atoms with van der Waals surface area (Å²) in [6.45, 7) is 7.95. The number of phenolic OH excluding ortho intramolecular Hbond substituents is 4. The number of phenols is 4. The average molecular weight is 1910 g/mol. The maximum atomic E-state index is 13.5. The van der Waals surface area contributed by atoms with Crippen LogP contribution in [0.3, 0.4) is 0 Å². The Balaban J connectivity index is 0.000000117. The second-order valence-corrected chi connectivity index (χ2v) is 33.5. The molecule has 0 bridgehead atoms. The van der Waals surface area contributed by atoms with E-state index in [1.807, 2.05) is 11.8 Å². The number of benzene rings is 10. The number of rotatable bonds is 14. The number of H-pyrrole nitrogens is 2. The third-order valence-corrected chi connectivity index (χ3v) is 24.9. The first-order valence-corrected chi connectivity index (χ1v) is 44.3. The van der Waals surface area contributed by atoms with Gasteiger partial charge in [-0.3, -0.25) is 77.2 Å². The second-order valence-electron chi connectivity index (χ2n) is 33.5. The Bertz CT molecular complexity index is 7800. The number of carbonyl (C=O) groups is 8. The van der Waals surface area contributed by atoms with E-state index in [2.05, 4.69) is 39.9 Å². The number of imide groups is 1. The number of aromatic nitrogens is 9. The van der Waals surface area contributed by atoms with E-state index in [0.29, 0.717) is 113 Å². The summed E-state index contributed by atoms with van der Waals surface area (Å²) in [4.78, 5) is 194. The van der Waals surface area contributed by atoms with Gasteiger partial charge < -0.3 is 69.1 Å². The van der Waals surface area contributed by atoms with Gasteiger partial charge in [0.1, 0.15) is 89.6 Å². The number of morpholine rings is 1. The number of ether oxygens (including phenoxy) is 3. The zero-order chi connectivity index (χ0) is 99.0. The molecule has 39 heteroatoms. The van der Waals surface area contributed by atoms with Gasteiger partial charge in [0.15, 0.2) is 28.7 Å². The first kappa shape index (κ1) is 93.7. The van der Waals surface area contributed by atoms with Gasteiger partial charge in [-0.25, -0.2) is 41.7 Å². The minimum atomic E-state index is -1.10. The number of aromatic amines is 2. The first-order valence-electron chi connectivity index (χ1n) is 44.3. The van der Waals surface area contributed by atoms with E-state index in [4.69, 9.17) is 14.2 Å². The van der Waals surface area contributed by atoms with E-state index in [1.54, 1.807) is 99.6 Å². The standard InChI is InChI=1S/C24H22FN3O3.C23H20FN3O4.C20H14FN3O6.C18H14FN3O2.C17H10FN3O4/c25-16-8-6-15(7-9-16)13-28-14-18-19(23(30)27-11-2-1-3-12-27)17-5-4-10-26-21(17)22(29)20(18)24(28)31;24-15-5-3-14(4-6-15)12-27-13-17-18(22(29)26-8-10-31-11-9-26)16-2-1-7-25-20(16)21(28)19(17)23(27)30;1-2-29-20(28)30-17-13-12(16(25)14-15(17)23-8-7-22-14)18(26)24(19(13)27)9-10-3-5-11(21)6-4-10;1-10-13-9-22(8-11-2-4-12(19)5-3-11)18(24)14(13)17(23)16-15(10)20-6-7-21-16;18-9-3-1-8(2-4-9)7-21-16(24)10-11(17(21)25)15(23)13-12(14(10)22)19-5-6-20-13/h4-10,29H,1-3,11-14H2;1-7,28H,8-13H2;3-8,25H,2,9H2,1H3;2-7,23H,8-9H2,1H3;1-6,19-20H,7H2. The molecule has 22 rings (SSSR count). The van der Waals surface area contributed by atoms with Gasteiger partial charge >= 0.3 is 6.16 Å². The summed E-state index contributed by atoms with van der Waals surface area (Å²) >= 11 is 0. The van der Waals surface area contributed by atoms with Crippen LogP contribution in [0, 0.1) is 36.0 Å². The zero-order valence-electron chi connectivity index (χ0n) is 74.8. The van der Waals surface area contributed by atoms with Crippen molar-refractivity contribution < 1.29 is 94.9 Å². The molecule has 6 aliphatic rings. The summed E-state index contributed by atoms with van der Waals surface area (Å²) in [5.41, 5.74) is 4.79. The first-order chi connectivity index (χ1) is 68.0. The molecule has 712 valence electrons. The van der Waals surface area contributed by atoms with Crippen molar-refractivity contribution in [3.05, 3.63) is 354 Å². The normalized spacial score (nSPS) is 14.2. The van der Waals surface area contributed by atoms with Crippen molar-refractivity contribution in [3.8, 4) is 28.7 Å². The van der Waals surface area contributed by atoms with Crippen LogP contribution in [0.2, 0.25) is 0 Å². The van der Waals surface area contributed by atoms with Crippen molar-refractivity contribution in [2.24, 2.45) is 0 Å². The van der Waals surface area contributed by atoms with Crippen LogP contribution < -0.4 is 26.7 Å². The summed E-state index contributed by atoms with van der Waals surface area (Å²) in [6.07, 6.45) is 13.4. The fourth-order valence-electron chi connectivity index (χ4n) is 18.1. The number of piperidine rings is 1. The van der Waals surface area contributed by atoms with Gasteiger partial charge in [0, 0.05) is 137 Å². The molecule has 0 unspecified atom stereocenters. The Labute approximate surface area is 792 Å². The van der Waals surface area contributed by atoms with Gasteiger partial charge in [0.2, 0.25) is 10.9 Å². The summed E-state index contributed by atoms with van der Waals surface area (Å²) < 4.78 is 81.8. The molecule has 0 atom stereocenters. The van der Waals surface area contributed by atoms with Crippen molar-refractivity contribution in [1.29, 1.82) is 0 Å². The predicted octanol–water partition coefficient (Wildman–Crippen LogP) is 12.8. The monoisotopic (exact) mass is 1910 g/mol. The Morgan fingerprint density at radius 3 is 1.18 bits per heavy atom. The maximum absolute atomic E-state index is 13.5. The van der Waals surface area contributed by atoms with Crippen LogP contribution in [-0.4, -0.2) is 188 Å². The number of carbonyl (C=O) groups excluding carboxylic acids is 8. The van der Waals surface area contributed by atoms with Gasteiger partial charge in [-0.15, -0.1) is 0 Å². The molecule has 0 saturated carbocycles. The number of nitrogens with zero attached hydrogens (tertiary/aromatic N) is 13. The molecule has 141 heavy (non-hydrogen) atoms. The molecule has 0 spiro atoms. The molecule has 0 radical (unpaired) electrons. The lowest BCUT2D eigenvalue weighted by Gasteiger charge is -2.28. The third kappa shape index (κ3) is 17.9. The lowest BCUT2D eigenvalue weighted by atomic mass is 9.95. The number of halogens is 5. The number of amides is 7. The molecule has 0 aliphatic carbocycles. The van der Waals surface area contributed by atoms with Crippen molar-refractivity contribution in [1.82, 2.24) is 73.8 Å². The highest BCUT2D eigenvalue weighted by Crippen LogP contribution is 2.47. The van der Waals surface area contributed by atoms with Gasteiger partial charge in [-0.2, -0.15) is 0 Å². The van der Waals surface area contributed by atoms with Crippen LogP contribution >= 0.6 is 0 Å². The zero-order valence-corrected chi connectivity index (χ0v) is 74.8. The van der Waals surface area contributed by atoms with E-state index in [0.717, 1.165) is 56.5 Å². The van der Waals surface area contributed by atoms with Crippen LogP contribution in [0.25, 0.3) is 65.7 Å². The fraction of sp³-hybridized carbons (Fsp3) is 0.196. The molecule has 2 saturated heterocycles. The van der Waals surface area contributed by atoms with E-state index in [-0.39, 0.29) is 171 Å². The predicted molar refractivity (Wildman–Crippen MR) is 499 cm³/mol. The summed E-state index contributed by atoms with van der Waals surface area (Å²) in [5, 5.41) is 43.1. The molecule has 6 N–H and O–H groups in total. The Kier molecular flexibility index (Phi) is 26.1. The van der Waals surface area contributed by atoms with Crippen molar-refractivity contribution in [2.45, 2.75) is 85.5 Å². The SMILES string of the molecule is CCOC(=O)Oc1c2c(c(O)c3nccnc13)C(=O)N(Cc1ccc(F)cc1)C2=O.Cc1c2c(c(O)c3nccnc13)C(=O)N(Cc1ccc(F)cc1)C2.O=C1c2c(c(C(=O)N3CCCCC3)c3cccnc3c2O)CN1Cc1ccc(F)cc1.O=C1c2c(c(C(=O)N3CCOCC3)c3cccnc3c2O)CN1Cc1ccc(F)cc1.O=c1c2[nH]cc[nH]c2c(=O)c2c(=O)n(Cc3ccc(F)cc3)c(=O)c12. The van der Waals surface area contributed by atoms with Crippen LogP contribution in [0.4, 0.5) is 26.7 Å². The molecule has 34 nitrogen and oxygen atoms in total. The molecule has 7 amide bonds. The van der Waals surface area contributed by atoms with E-state index in [9.17, 15) is 99.9 Å². The Morgan fingerprint density at radius 2 is 0.752 bits per heavy atom. The summed E-state index contributed by atoms with van der Waals surface area (Å²) in [5.74, 6) is -6.23. The van der Waals surface area contributed by atoms with Crippen molar-refractivity contribution in [2.75, 3.05) is 46.0 Å². The molecular weight excluding hydrogens is 1830 g/mol. The number of likely N-dealkylation sites (tertiary alicyclic amines) is 1. The van der Waals surface area contributed by atoms with Gasteiger partial charge in [-0.1, -0.05) is 72.8 Å². The van der Waals surface area contributed by atoms with Crippen LogP contribution in [0.5, 0.6) is 28.7 Å². The quantitative estimate of drug-likeness (QED) is 0.0255. The second kappa shape index (κ2) is 39.2. The number of nitrogens with one attached hydrogen (secondary N) is 2. The van der Waals surface area contributed by atoms with Gasteiger partial charge in [0.25, 0.3) is 52.5 Å². The molecule has 10 aromatic carbocycles. The molecule has 6 aromatic heterocycles. The van der Waals surface area contributed by atoms with Crippen LogP contribution in [-0.2, 0) is 61.8 Å². The average Bonchev–Trinajstić information content (AvgIpc) is 1.63. The van der Waals surface area contributed by atoms with Crippen molar-refractivity contribution in [3.63, 3.8) is 0 Å². The number of fused-ring (bicyclic) bond motifs is 10. The number of pyridine rings is 2. The van der Waals surface area contributed by atoms with E-state index in [1.165, 1.54) is 122 Å². The van der Waals surface area contributed by atoms with Crippen LogP contribution in [0.1, 0.15) is 149 Å². The van der Waals surface area contributed by atoms with Crippen molar-refractivity contribution >= 4 is 113 Å². The highest BCUT2D eigenvalue weighted by molar-refractivity contribution is 6.27. The fourth-order valence-corrected chi connectivity index (χ4v) is 18.1. The number of aryl methyl sites for hydroxylation is 1. The molecular formula is C102H80F5N15O19. The molecule has 12 heterocycles. The number of aromatic hydroxyl groups is 4. The lowest BCUT2D eigenvalue weighted by molar-refractivity contribution is 0.0303. The largest absolute Gasteiger partial charge is 0.513 e. The summed E-state index contributed by atoms with van der Waals surface area (Å²) in [7, 11) is 0. The van der Waals surface area contributed by atoms with Gasteiger partial charge in [-0.05, 0) is 145 Å². The maximum Gasteiger partial charge on any atom is 0.513 e. The number of hydrogen-bond donors (Lipinski definition) is 6. The molecule has 16 aromatic rings. The third-order valence-electron chi connectivity index (χ3n) is 24.9. The molecule has 2 fully saturated rings. The highest BCUT2D eigenvalue weighted by atomic mass is 19.1. The highest BCUT2D eigenvalue weighted by Gasteiger charge is 2.45. The smallest absolute Gasteiger partial charge is 0.505 e. The Hall–Kier alpha value is -17.7. The minimum absolute atomic E-state index is 0.0201. The Morgan fingerprint density at radius 1 is 0.397 bits per heavy atom. The summed E-state index contributed by atoms with van der Waals surface area (Å²) in [6, 6.07) is 35.3. The van der Waals surface area contributed by atoms with Crippen LogP contribution in [0.15, 0.2) is 214 Å². The van der Waals surface area contributed by atoms with E-state index < -0.39 is 68.1 Å². The van der Waals surface area contributed by atoms with Gasteiger partial charge in [0.05, 0.1) is 66.2 Å². The lowest BCUT2D eigenvalue weighted by Crippen LogP contribution is -2.41. The minimum Gasteiger partial charge on any atom is -0.505 e. The number of hydrogen-bond acceptors (Lipinski definition) is 25. The topological polar surface area (TPSA) is 447 Å². The molecule has 6 aliphatic heterocycles.